The summed E-state index contributed by atoms with van der Waals surface area (Å²) in [5.74, 6) is 1.17. The zero-order chi connectivity index (χ0) is 16.2. The van der Waals surface area contributed by atoms with Crippen LogP contribution in [-0.4, -0.2) is 26.1 Å². The minimum Gasteiger partial charge on any atom is -0.497 e. The van der Waals surface area contributed by atoms with Crippen molar-refractivity contribution in [3.63, 3.8) is 0 Å². The highest BCUT2D eigenvalue weighted by Crippen LogP contribution is 2.22. The Morgan fingerprint density at radius 2 is 1.70 bits per heavy atom. The second-order valence-electron chi connectivity index (χ2n) is 4.84. The summed E-state index contributed by atoms with van der Waals surface area (Å²) in [5.41, 5.74) is 1.75. The molecule has 0 saturated carbocycles. The Hall–Kier alpha value is -3.08. The van der Waals surface area contributed by atoms with Gasteiger partial charge in [-0.1, -0.05) is 18.2 Å². The van der Waals surface area contributed by atoms with E-state index in [2.05, 4.69) is 4.99 Å². The Kier molecular flexibility index (Phi) is 4.10. The fourth-order valence-corrected chi connectivity index (χ4v) is 2.18. The summed E-state index contributed by atoms with van der Waals surface area (Å²) in [6, 6.07) is 14.6. The molecule has 2 aromatic rings. The quantitative estimate of drug-likeness (QED) is 0.643. The minimum atomic E-state index is -0.481. The topological polar surface area (TPSA) is 57.1 Å². The zero-order valence-corrected chi connectivity index (χ0v) is 12.8. The van der Waals surface area contributed by atoms with Gasteiger partial charge in [-0.05, 0) is 42.0 Å². The van der Waals surface area contributed by atoms with Crippen molar-refractivity contribution in [2.75, 3.05) is 14.2 Å². The molecule has 0 aliphatic carbocycles. The van der Waals surface area contributed by atoms with Crippen molar-refractivity contribution in [1.82, 2.24) is 0 Å². The van der Waals surface area contributed by atoms with E-state index in [0.717, 1.165) is 5.56 Å². The Morgan fingerprint density at radius 1 is 1.00 bits per heavy atom. The Labute approximate surface area is 133 Å². The molecule has 0 N–H and O–H groups in total. The first kappa shape index (κ1) is 14.8. The smallest absolute Gasteiger partial charge is 0.363 e. The molecule has 2 aromatic carbocycles. The largest absolute Gasteiger partial charge is 0.497 e. The summed E-state index contributed by atoms with van der Waals surface area (Å²) >= 11 is 0. The number of carbonyl (C=O) groups is 1. The van der Waals surface area contributed by atoms with Gasteiger partial charge in [0.15, 0.2) is 5.70 Å². The summed E-state index contributed by atoms with van der Waals surface area (Å²) in [6.07, 6.45) is 1.66. The fourth-order valence-electron chi connectivity index (χ4n) is 2.18. The van der Waals surface area contributed by atoms with Crippen molar-refractivity contribution in [2.24, 2.45) is 4.99 Å². The highest BCUT2D eigenvalue weighted by Gasteiger charge is 2.24. The van der Waals surface area contributed by atoms with Crippen LogP contribution in [0.5, 0.6) is 11.5 Å². The third-order valence-corrected chi connectivity index (χ3v) is 3.33. The first-order chi connectivity index (χ1) is 11.2. The number of nitrogens with zero attached hydrogens (tertiary/aromatic N) is 1. The van der Waals surface area contributed by atoms with Crippen LogP contribution in [0.25, 0.3) is 6.08 Å². The number of hydrogen-bond acceptors (Lipinski definition) is 5. The van der Waals surface area contributed by atoms with E-state index in [4.69, 9.17) is 14.2 Å². The Balaban J connectivity index is 1.92. The fraction of sp³-hybridized carbons (Fsp3) is 0.111. The van der Waals surface area contributed by atoms with E-state index in [9.17, 15) is 4.79 Å². The lowest BCUT2D eigenvalue weighted by Crippen LogP contribution is -2.05. The normalized spacial score (nSPS) is 15.3. The minimum absolute atomic E-state index is 0.246. The molecule has 0 unspecified atom stereocenters. The summed E-state index contributed by atoms with van der Waals surface area (Å²) in [5, 5.41) is 0. The van der Waals surface area contributed by atoms with Crippen LogP contribution in [0.2, 0.25) is 0 Å². The molecule has 0 bridgehead atoms. The number of cyclic esters (lactones) is 1. The molecular weight excluding hydrogens is 294 g/mol. The van der Waals surface area contributed by atoms with Gasteiger partial charge in [0.1, 0.15) is 11.5 Å². The van der Waals surface area contributed by atoms with Gasteiger partial charge in [-0.25, -0.2) is 9.79 Å². The lowest BCUT2D eigenvalue weighted by Gasteiger charge is -2.02. The van der Waals surface area contributed by atoms with E-state index in [1.807, 2.05) is 42.5 Å². The maximum atomic E-state index is 12.0. The monoisotopic (exact) mass is 309 g/mol. The summed E-state index contributed by atoms with van der Waals surface area (Å²) < 4.78 is 15.6. The van der Waals surface area contributed by atoms with E-state index >= 15 is 0 Å². The van der Waals surface area contributed by atoms with E-state index in [1.54, 1.807) is 26.4 Å². The first-order valence-corrected chi connectivity index (χ1v) is 7.00. The van der Waals surface area contributed by atoms with Gasteiger partial charge in [0.2, 0.25) is 5.90 Å². The van der Waals surface area contributed by atoms with E-state index in [-0.39, 0.29) is 11.6 Å². The number of ether oxygens (including phenoxy) is 3. The molecule has 1 aliphatic heterocycles. The molecule has 1 heterocycles. The van der Waals surface area contributed by atoms with Crippen molar-refractivity contribution in [2.45, 2.75) is 0 Å². The predicted molar refractivity (Wildman–Crippen MR) is 86.6 cm³/mol. The van der Waals surface area contributed by atoms with Gasteiger partial charge in [0, 0.05) is 5.56 Å². The predicted octanol–water partition coefficient (Wildman–Crippen LogP) is 3.05. The summed E-state index contributed by atoms with van der Waals surface area (Å²) in [7, 11) is 3.17. The van der Waals surface area contributed by atoms with Crippen molar-refractivity contribution < 1.29 is 19.0 Å². The zero-order valence-electron chi connectivity index (χ0n) is 12.8. The molecule has 23 heavy (non-hydrogen) atoms. The van der Waals surface area contributed by atoms with Crippen molar-refractivity contribution in [1.29, 1.82) is 0 Å². The third kappa shape index (κ3) is 3.23. The lowest BCUT2D eigenvalue weighted by molar-refractivity contribution is -0.129. The number of esters is 1. The maximum absolute atomic E-state index is 12.0. The number of carbonyl (C=O) groups excluding carboxylic acids is 1. The van der Waals surface area contributed by atoms with Crippen molar-refractivity contribution in [3.8, 4) is 11.5 Å². The molecular formula is C18H15NO4. The van der Waals surface area contributed by atoms with Gasteiger partial charge in [-0.3, -0.25) is 0 Å². The standard InChI is InChI=1S/C18H15NO4/c1-21-14-7-3-5-12(9-14)10-16-18(20)23-17(19-16)13-6-4-8-15(11-13)22-2/h3-11H,1-2H3/b16-10+. The molecule has 0 aromatic heterocycles. The molecule has 0 atom stereocenters. The Bertz CT molecular complexity index is 808. The highest BCUT2D eigenvalue weighted by atomic mass is 16.6. The number of hydrogen-bond donors (Lipinski definition) is 0. The number of methoxy groups -OCH3 is 2. The van der Waals surface area contributed by atoms with Crippen LogP contribution >= 0.6 is 0 Å². The number of benzene rings is 2. The molecule has 0 amide bonds. The molecule has 5 nitrogen and oxygen atoms in total. The second-order valence-corrected chi connectivity index (χ2v) is 4.84. The van der Waals surface area contributed by atoms with Gasteiger partial charge >= 0.3 is 5.97 Å². The Morgan fingerprint density at radius 3 is 2.43 bits per heavy atom. The van der Waals surface area contributed by atoms with Crippen LogP contribution in [-0.2, 0) is 9.53 Å². The third-order valence-electron chi connectivity index (χ3n) is 3.33. The van der Waals surface area contributed by atoms with E-state index in [0.29, 0.717) is 17.1 Å². The summed E-state index contributed by atoms with van der Waals surface area (Å²) in [4.78, 5) is 16.3. The van der Waals surface area contributed by atoms with Crippen LogP contribution in [0.4, 0.5) is 0 Å². The average molecular weight is 309 g/mol. The van der Waals surface area contributed by atoms with Gasteiger partial charge in [0.25, 0.3) is 0 Å². The van der Waals surface area contributed by atoms with Gasteiger partial charge in [-0.15, -0.1) is 0 Å². The van der Waals surface area contributed by atoms with Crippen LogP contribution in [0, 0.1) is 0 Å². The van der Waals surface area contributed by atoms with Crippen LogP contribution in [0.3, 0.4) is 0 Å². The molecule has 1 aliphatic rings. The average Bonchev–Trinajstić information content (AvgIpc) is 2.96. The van der Waals surface area contributed by atoms with Crippen molar-refractivity contribution >= 4 is 17.9 Å². The first-order valence-electron chi connectivity index (χ1n) is 7.00. The number of aliphatic imine (C=N–C) groups is 1. The SMILES string of the molecule is COc1cccc(/C=C2/N=C(c3cccc(OC)c3)OC2=O)c1. The van der Waals surface area contributed by atoms with Crippen LogP contribution in [0.1, 0.15) is 11.1 Å². The van der Waals surface area contributed by atoms with Gasteiger partial charge < -0.3 is 14.2 Å². The molecule has 0 spiro atoms. The van der Waals surface area contributed by atoms with Gasteiger partial charge in [0.05, 0.1) is 14.2 Å². The van der Waals surface area contributed by atoms with E-state index in [1.165, 1.54) is 0 Å². The maximum Gasteiger partial charge on any atom is 0.363 e. The highest BCUT2D eigenvalue weighted by molar-refractivity contribution is 6.12. The van der Waals surface area contributed by atoms with Crippen LogP contribution in [0.15, 0.2) is 59.2 Å². The second kappa shape index (κ2) is 6.36. The lowest BCUT2D eigenvalue weighted by atomic mass is 10.2. The molecule has 0 radical (unpaired) electrons. The molecule has 0 fully saturated rings. The summed E-state index contributed by atoms with van der Waals surface area (Å²) in [6.45, 7) is 0. The molecule has 0 saturated heterocycles. The van der Waals surface area contributed by atoms with E-state index < -0.39 is 5.97 Å². The van der Waals surface area contributed by atoms with Crippen molar-refractivity contribution in [3.05, 3.63) is 65.4 Å². The molecule has 5 heteroatoms. The molecule has 3 rings (SSSR count). The molecule has 116 valence electrons. The number of rotatable bonds is 4. The van der Waals surface area contributed by atoms with Gasteiger partial charge in [-0.2, -0.15) is 0 Å². The van der Waals surface area contributed by atoms with Crippen LogP contribution < -0.4 is 9.47 Å².